The maximum absolute atomic E-state index is 13.7. The summed E-state index contributed by atoms with van der Waals surface area (Å²) in [4.78, 5) is 72.1. The predicted octanol–water partition coefficient (Wildman–Crippen LogP) is 3.18. The molecule has 3 heterocycles. The minimum absolute atomic E-state index is 0.0560. The number of alkyl carbamates (subject to hydrolysis) is 1. The van der Waals surface area contributed by atoms with Gasteiger partial charge in [0.15, 0.2) is 5.65 Å². The van der Waals surface area contributed by atoms with E-state index in [1.54, 1.807) is 25.2 Å². The minimum Gasteiger partial charge on any atom is -0.450 e. The van der Waals surface area contributed by atoms with Crippen molar-refractivity contribution in [2.75, 3.05) is 32.1 Å². The number of nitrogens with zero attached hydrogens (tertiary/aromatic N) is 5. The Balaban J connectivity index is 1.71. The van der Waals surface area contributed by atoms with Crippen LogP contribution in [0.2, 0.25) is 0 Å². The van der Waals surface area contributed by atoms with Crippen LogP contribution in [0.25, 0.3) is 11.2 Å². The van der Waals surface area contributed by atoms with Crippen LogP contribution in [0.15, 0.2) is 6.20 Å². The van der Waals surface area contributed by atoms with Crippen LogP contribution in [0, 0.1) is 11.8 Å². The van der Waals surface area contributed by atoms with E-state index in [2.05, 4.69) is 37.5 Å². The van der Waals surface area contributed by atoms with Gasteiger partial charge in [-0.1, -0.05) is 60.3 Å². The Morgan fingerprint density at radius 1 is 1.05 bits per heavy atom. The van der Waals surface area contributed by atoms with Gasteiger partial charge in [-0.05, 0) is 31.1 Å². The van der Waals surface area contributed by atoms with Crippen molar-refractivity contribution < 1.29 is 28.7 Å². The molecule has 3 rings (SSSR count). The number of carbonyl (C=O) groups is 4. The summed E-state index contributed by atoms with van der Waals surface area (Å²) in [5, 5.41) is 5.57. The highest BCUT2D eigenvalue weighted by Crippen LogP contribution is 2.23. The number of carbonyl (C=O) groups excluding carboxylic acids is 4. The molecule has 0 unspecified atom stereocenters. The fourth-order valence-electron chi connectivity index (χ4n) is 4.97. The lowest BCUT2D eigenvalue weighted by molar-refractivity contribution is -0.144. The highest BCUT2D eigenvalue weighted by atomic mass is 16.6. The predicted molar refractivity (Wildman–Crippen MR) is 165 cm³/mol. The summed E-state index contributed by atoms with van der Waals surface area (Å²) in [5.74, 6) is -1.47. The number of H-pyrrole nitrogens is 1. The zero-order valence-corrected chi connectivity index (χ0v) is 27.0. The average Bonchev–Trinajstić information content (AvgIpc) is 3.66. The summed E-state index contributed by atoms with van der Waals surface area (Å²) in [6.07, 6.45) is 5.89. The Morgan fingerprint density at radius 3 is 2.41 bits per heavy atom. The van der Waals surface area contributed by atoms with E-state index in [0.717, 1.165) is 19.3 Å². The number of esters is 1. The molecule has 2 aromatic heterocycles. The third-order valence-electron chi connectivity index (χ3n) is 8.14. The molecule has 0 saturated carbocycles. The molecule has 5 atom stereocenters. The number of hydrogen-bond acceptors (Lipinski definition) is 10. The van der Waals surface area contributed by atoms with Gasteiger partial charge in [0.1, 0.15) is 23.6 Å². The van der Waals surface area contributed by atoms with Crippen molar-refractivity contribution in [3.63, 3.8) is 0 Å². The Labute approximate surface area is 259 Å². The summed E-state index contributed by atoms with van der Waals surface area (Å²) in [7, 11) is 3.61. The number of fused-ring (bicyclic) bond motifs is 1. The molecule has 0 spiro atoms. The maximum atomic E-state index is 13.7. The molecule has 3 N–H and O–H groups in total. The van der Waals surface area contributed by atoms with Crippen LogP contribution in [0.1, 0.15) is 79.6 Å². The number of amides is 3. The Kier molecular flexibility index (Phi) is 12.7. The van der Waals surface area contributed by atoms with E-state index in [0.29, 0.717) is 49.3 Å². The van der Waals surface area contributed by atoms with Gasteiger partial charge in [0.25, 0.3) is 0 Å². The number of anilines is 1. The van der Waals surface area contributed by atoms with E-state index in [9.17, 15) is 19.2 Å². The van der Waals surface area contributed by atoms with Crippen LogP contribution in [0.5, 0.6) is 6.01 Å². The molecule has 44 heavy (non-hydrogen) atoms. The molecule has 0 radical (unpaired) electrons. The number of imidazole rings is 1. The summed E-state index contributed by atoms with van der Waals surface area (Å²) in [6.45, 7) is 10.3. The fraction of sp³-hybridized carbons (Fsp3) is 0.700. The molecule has 1 aliphatic rings. The fourth-order valence-corrected chi connectivity index (χ4v) is 4.97. The first-order valence-electron chi connectivity index (χ1n) is 15.7. The molecule has 0 bridgehead atoms. The van der Waals surface area contributed by atoms with Gasteiger partial charge < -0.3 is 34.9 Å². The van der Waals surface area contributed by atoms with Crippen LogP contribution in [-0.4, -0.2) is 94.1 Å². The highest BCUT2D eigenvalue weighted by Gasteiger charge is 2.41. The number of hydrogen-bond donors (Lipinski definition) is 3. The van der Waals surface area contributed by atoms with Gasteiger partial charge in [0, 0.05) is 20.6 Å². The van der Waals surface area contributed by atoms with Crippen LogP contribution in [0.4, 0.5) is 10.7 Å². The zero-order chi connectivity index (χ0) is 32.4. The molecule has 0 aromatic carbocycles. The van der Waals surface area contributed by atoms with Gasteiger partial charge in [0.2, 0.25) is 17.8 Å². The molecule has 0 aliphatic carbocycles. The molecule has 2 aromatic rings. The summed E-state index contributed by atoms with van der Waals surface area (Å²) in [5.41, 5.74) is 0.835. The van der Waals surface area contributed by atoms with E-state index >= 15 is 0 Å². The Hall–Kier alpha value is -3.97. The van der Waals surface area contributed by atoms with Gasteiger partial charge in [-0.3, -0.25) is 9.59 Å². The Bertz CT molecular complexity index is 1280. The summed E-state index contributed by atoms with van der Waals surface area (Å²) < 4.78 is 10.8. The summed E-state index contributed by atoms with van der Waals surface area (Å²) >= 11 is 0. The lowest BCUT2D eigenvalue weighted by Crippen LogP contribution is -2.57. The first-order valence-corrected chi connectivity index (χ1v) is 15.7. The SMILES string of the molecule is CCCCCOC(=O)N[C@H](C(=O)N1CCC[C@H]1C(=O)N[C@H](C(=O)Oc1nc2nc(N(C)C)ncc2[nH]1)[C@@H](C)CC)[C@@H](C)CC. The third kappa shape index (κ3) is 8.79. The van der Waals surface area contributed by atoms with E-state index in [-0.39, 0.29) is 30.4 Å². The van der Waals surface area contributed by atoms with Crippen LogP contribution < -0.4 is 20.3 Å². The zero-order valence-electron chi connectivity index (χ0n) is 27.0. The van der Waals surface area contributed by atoms with Crippen LogP contribution in [-0.2, 0) is 19.1 Å². The molecule has 3 amide bonds. The molecular formula is C30H48N8O6. The topological polar surface area (TPSA) is 172 Å². The molecule has 14 heteroatoms. The van der Waals surface area contributed by atoms with Crippen molar-refractivity contribution in [3.05, 3.63) is 6.20 Å². The van der Waals surface area contributed by atoms with Gasteiger partial charge in [-0.15, -0.1) is 0 Å². The molecule has 1 aliphatic heterocycles. The van der Waals surface area contributed by atoms with E-state index < -0.39 is 36.1 Å². The molecule has 244 valence electrons. The largest absolute Gasteiger partial charge is 0.450 e. The second-order valence-corrected chi connectivity index (χ2v) is 11.7. The standard InChI is InChI=1S/C30H48N8O6/c1-8-11-12-16-43-30(42)34-22(18(4)9-2)26(40)38-15-13-14-21(38)25(39)33-23(19(5)10-3)27(41)44-29-32-20-17-31-28(37(6)7)35-24(20)36-29/h17-19,21-23H,8-16H2,1-7H3,(H,33,39)(H,34,42)(H,31,32,35,36)/t18-,19-,21-,22-,23-/m0/s1. The average molecular weight is 617 g/mol. The molecular weight excluding hydrogens is 568 g/mol. The number of ether oxygens (including phenoxy) is 2. The normalized spacial score (nSPS) is 17.4. The molecule has 14 nitrogen and oxygen atoms in total. The lowest BCUT2D eigenvalue weighted by atomic mass is 9.97. The van der Waals surface area contributed by atoms with E-state index in [1.807, 2.05) is 27.7 Å². The highest BCUT2D eigenvalue weighted by molar-refractivity contribution is 5.94. The molecule has 1 fully saturated rings. The van der Waals surface area contributed by atoms with Crippen molar-refractivity contribution in [1.29, 1.82) is 0 Å². The number of likely N-dealkylation sites (tertiary alicyclic amines) is 1. The minimum atomic E-state index is -0.983. The van der Waals surface area contributed by atoms with E-state index in [4.69, 9.17) is 9.47 Å². The number of aromatic amines is 1. The van der Waals surface area contributed by atoms with Gasteiger partial charge in [-0.25, -0.2) is 14.6 Å². The van der Waals surface area contributed by atoms with Crippen molar-refractivity contribution >= 4 is 41.0 Å². The van der Waals surface area contributed by atoms with Crippen molar-refractivity contribution in [2.45, 2.75) is 97.7 Å². The van der Waals surface area contributed by atoms with Crippen molar-refractivity contribution in [1.82, 2.24) is 35.5 Å². The number of rotatable bonds is 15. The maximum Gasteiger partial charge on any atom is 0.407 e. The second-order valence-electron chi connectivity index (χ2n) is 11.7. The summed E-state index contributed by atoms with van der Waals surface area (Å²) in [6, 6.07) is -2.67. The Morgan fingerprint density at radius 2 is 1.75 bits per heavy atom. The monoisotopic (exact) mass is 616 g/mol. The van der Waals surface area contributed by atoms with Crippen LogP contribution >= 0.6 is 0 Å². The lowest BCUT2D eigenvalue weighted by Gasteiger charge is -2.32. The van der Waals surface area contributed by atoms with Crippen LogP contribution in [0.3, 0.4) is 0 Å². The second kappa shape index (κ2) is 16.2. The smallest absolute Gasteiger partial charge is 0.407 e. The third-order valence-corrected chi connectivity index (χ3v) is 8.14. The quantitative estimate of drug-likeness (QED) is 0.199. The van der Waals surface area contributed by atoms with Crippen molar-refractivity contribution in [3.8, 4) is 6.01 Å². The van der Waals surface area contributed by atoms with Gasteiger partial charge in [0.05, 0.1) is 12.8 Å². The number of nitrogens with one attached hydrogen (secondary N) is 3. The first-order chi connectivity index (χ1) is 21.0. The first kappa shape index (κ1) is 34.5. The van der Waals surface area contributed by atoms with Gasteiger partial charge in [-0.2, -0.15) is 9.97 Å². The van der Waals surface area contributed by atoms with E-state index in [1.165, 1.54) is 4.90 Å². The van der Waals surface area contributed by atoms with Gasteiger partial charge >= 0.3 is 18.1 Å². The number of aromatic nitrogens is 4. The number of unbranched alkanes of at least 4 members (excludes halogenated alkanes) is 2. The van der Waals surface area contributed by atoms with Crippen molar-refractivity contribution in [2.24, 2.45) is 11.8 Å². The molecule has 1 saturated heterocycles.